The van der Waals surface area contributed by atoms with E-state index < -0.39 is 36.7 Å². The first kappa shape index (κ1) is 12.4. The van der Waals surface area contributed by atoms with E-state index in [2.05, 4.69) is 0 Å². The Balaban J connectivity index is 2.05. The molecule has 0 unspecified atom stereocenters. The second-order valence-corrected chi connectivity index (χ2v) is 4.46. The first-order chi connectivity index (χ1) is 9.13. The molecule has 7 heteroatoms. The summed E-state index contributed by atoms with van der Waals surface area (Å²) >= 11 is 0. The molecule has 0 aliphatic carbocycles. The molecule has 0 bridgehead atoms. The third kappa shape index (κ3) is 1.79. The quantitative estimate of drug-likeness (QED) is 0.658. The molecule has 3 heterocycles. The lowest BCUT2D eigenvalue weighted by Crippen LogP contribution is -2.35. The average molecular weight is 267 g/mol. The van der Waals surface area contributed by atoms with Gasteiger partial charge in [-0.2, -0.15) is 0 Å². The number of aliphatic hydroxyl groups excluding tert-OH is 3. The van der Waals surface area contributed by atoms with Gasteiger partial charge in [-0.1, -0.05) is 0 Å². The summed E-state index contributed by atoms with van der Waals surface area (Å²) in [5, 5.41) is 29.2. The van der Waals surface area contributed by atoms with Crippen LogP contribution in [0.4, 0.5) is 0 Å². The highest BCUT2D eigenvalue weighted by Crippen LogP contribution is 2.28. The molecular weight excluding hydrogens is 254 g/mol. The Morgan fingerprint density at radius 3 is 2.74 bits per heavy atom. The second-order valence-electron chi connectivity index (χ2n) is 4.46. The number of pyridine rings is 1. The molecule has 2 aromatic rings. The molecule has 1 fully saturated rings. The second kappa shape index (κ2) is 4.46. The van der Waals surface area contributed by atoms with Crippen molar-refractivity contribution >= 4 is 11.0 Å². The van der Waals surface area contributed by atoms with Gasteiger partial charge in [0.25, 0.3) is 5.56 Å². The van der Waals surface area contributed by atoms with Gasteiger partial charge in [-0.3, -0.25) is 9.36 Å². The molecule has 1 aliphatic rings. The molecule has 2 aromatic heterocycles. The summed E-state index contributed by atoms with van der Waals surface area (Å²) in [6.07, 6.45) is -1.64. The van der Waals surface area contributed by atoms with Crippen molar-refractivity contribution < 1.29 is 24.5 Å². The Hall–Kier alpha value is -1.67. The maximum atomic E-state index is 12.2. The van der Waals surface area contributed by atoms with Gasteiger partial charge in [0.1, 0.15) is 18.3 Å². The Morgan fingerprint density at radius 1 is 1.26 bits per heavy atom. The zero-order valence-corrected chi connectivity index (χ0v) is 9.84. The van der Waals surface area contributed by atoms with E-state index in [0.29, 0.717) is 5.39 Å². The summed E-state index contributed by atoms with van der Waals surface area (Å²) < 4.78 is 11.5. The SMILES string of the molecule is O=c1c2occc2ccn1[C@@H]1O[C@H](CO)[C@@H](O)[C@@H]1O. The van der Waals surface area contributed by atoms with E-state index in [-0.39, 0.29) is 5.58 Å². The molecule has 1 aliphatic heterocycles. The van der Waals surface area contributed by atoms with E-state index >= 15 is 0 Å². The van der Waals surface area contributed by atoms with Gasteiger partial charge < -0.3 is 24.5 Å². The fraction of sp³-hybridized carbons (Fsp3) is 0.417. The van der Waals surface area contributed by atoms with Crippen LogP contribution in [0.2, 0.25) is 0 Å². The zero-order chi connectivity index (χ0) is 13.6. The Bertz CT molecular complexity index is 647. The highest BCUT2D eigenvalue weighted by Gasteiger charge is 2.43. The maximum absolute atomic E-state index is 12.2. The van der Waals surface area contributed by atoms with Gasteiger partial charge in [-0.15, -0.1) is 0 Å². The monoisotopic (exact) mass is 267 g/mol. The van der Waals surface area contributed by atoms with Crippen LogP contribution in [0.1, 0.15) is 6.23 Å². The summed E-state index contributed by atoms with van der Waals surface area (Å²) in [5.41, 5.74) is -0.308. The van der Waals surface area contributed by atoms with E-state index in [1.54, 1.807) is 12.1 Å². The molecule has 19 heavy (non-hydrogen) atoms. The van der Waals surface area contributed by atoms with Crippen molar-refractivity contribution in [3.63, 3.8) is 0 Å². The summed E-state index contributed by atoms with van der Waals surface area (Å²) in [7, 11) is 0. The van der Waals surface area contributed by atoms with Crippen LogP contribution >= 0.6 is 0 Å². The van der Waals surface area contributed by atoms with Gasteiger partial charge >= 0.3 is 0 Å². The van der Waals surface area contributed by atoms with E-state index in [9.17, 15) is 15.0 Å². The summed E-state index contributed by atoms with van der Waals surface area (Å²) in [6, 6.07) is 3.30. The molecule has 1 saturated heterocycles. The van der Waals surface area contributed by atoms with Crippen molar-refractivity contribution in [3.8, 4) is 0 Å². The fourth-order valence-electron chi connectivity index (χ4n) is 2.28. The van der Waals surface area contributed by atoms with Crippen LogP contribution in [0.15, 0.2) is 33.8 Å². The third-order valence-electron chi connectivity index (χ3n) is 3.33. The number of aromatic nitrogens is 1. The minimum atomic E-state index is -1.29. The largest absolute Gasteiger partial charge is 0.459 e. The van der Waals surface area contributed by atoms with Crippen LogP contribution in [0.25, 0.3) is 11.0 Å². The molecule has 7 nitrogen and oxygen atoms in total. The normalized spacial score (nSPS) is 31.1. The molecule has 3 rings (SSSR count). The predicted octanol–water partition coefficient (Wildman–Crippen LogP) is -0.794. The topological polar surface area (TPSA) is 105 Å². The van der Waals surface area contributed by atoms with Gasteiger partial charge in [0.2, 0.25) is 0 Å². The molecule has 0 aromatic carbocycles. The molecular formula is C12H13NO6. The first-order valence-corrected chi connectivity index (χ1v) is 5.84. The smallest absolute Gasteiger partial charge is 0.296 e. The molecule has 0 spiro atoms. The predicted molar refractivity (Wildman–Crippen MR) is 63.5 cm³/mol. The maximum Gasteiger partial charge on any atom is 0.296 e. The Morgan fingerprint density at radius 2 is 2.05 bits per heavy atom. The molecule has 0 amide bonds. The van der Waals surface area contributed by atoms with Crippen LogP contribution < -0.4 is 5.56 Å². The van der Waals surface area contributed by atoms with E-state index in [1.807, 2.05) is 0 Å². The standard InChI is InChI=1S/C12H13NO6/c14-5-7-8(15)9(16)12(19-7)13-3-1-6-2-4-18-10(6)11(13)17/h1-4,7-9,12,14-16H,5H2/t7-,8-,9+,12-/m1/s1. The Kier molecular flexibility index (Phi) is 2.90. The summed E-state index contributed by atoms with van der Waals surface area (Å²) in [5.74, 6) is 0. The third-order valence-corrected chi connectivity index (χ3v) is 3.33. The number of ether oxygens (including phenoxy) is 1. The first-order valence-electron chi connectivity index (χ1n) is 5.84. The number of hydrogen-bond donors (Lipinski definition) is 3. The summed E-state index contributed by atoms with van der Waals surface area (Å²) in [4.78, 5) is 12.2. The fourth-order valence-corrected chi connectivity index (χ4v) is 2.28. The highest BCUT2D eigenvalue weighted by atomic mass is 16.6. The summed E-state index contributed by atoms with van der Waals surface area (Å²) in [6.45, 7) is -0.438. The number of furan rings is 1. The van der Waals surface area contributed by atoms with Gasteiger partial charge in [0.05, 0.1) is 12.9 Å². The van der Waals surface area contributed by atoms with Crippen molar-refractivity contribution in [2.75, 3.05) is 6.61 Å². The molecule has 0 saturated carbocycles. The minimum absolute atomic E-state index is 0.153. The van der Waals surface area contributed by atoms with Gasteiger partial charge in [-0.05, 0) is 12.1 Å². The van der Waals surface area contributed by atoms with Gasteiger partial charge in [0, 0.05) is 11.6 Å². The van der Waals surface area contributed by atoms with E-state index in [4.69, 9.17) is 14.3 Å². The van der Waals surface area contributed by atoms with Crippen LogP contribution in [0.5, 0.6) is 0 Å². The lowest BCUT2D eigenvalue weighted by molar-refractivity contribution is -0.0542. The van der Waals surface area contributed by atoms with Gasteiger partial charge in [-0.25, -0.2) is 0 Å². The minimum Gasteiger partial charge on any atom is -0.459 e. The highest BCUT2D eigenvalue weighted by molar-refractivity contribution is 5.75. The van der Waals surface area contributed by atoms with Crippen molar-refractivity contribution in [2.45, 2.75) is 24.5 Å². The van der Waals surface area contributed by atoms with Crippen LogP contribution in [0.3, 0.4) is 0 Å². The number of nitrogens with zero attached hydrogens (tertiary/aromatic N) is 1. The molecule has 3 N–H and O–H groups in total. The van der Waals surface area contributed by atoms with Crippen molar-refractivity contribution in [1.29, 1.82) is 0 Å². The Labute approximate surface area is 107 Å². The van der Waals surface area contributed by atoms with Crippen molar-refractivity contribution in [1.82, 2.24) is 4.57 Å². The van der Waals surface area contributed by atoms with Crippen LogP contribution in [0, 0.1) is 0 Å². The lowest BCUT2D eigenvalue weighted by Gasteiger charge is -2.17. The van der Waals surface area contributed by atoms with Crippen molar-refractivity contribution in [3.05, 3.63) is 34.9 Å². The number of fused-ring (bicyclic) bond motifs is 1. The lowest BCUT2D eigenvalue weighted by atomic mass is 10.1. The van der Waals surface area contributed by atoms with Gasteiger partial charge in [0.15, 0.2) is 11.8 Å². The van der Waals surface area contributed by atoms with Crippen molar-refractivity contribution in [2.24, 2.45) is 0 Å². The average Bonchev–Trinajstić information content (AvgIpc) is 2.98. The number of rotatable bonds is 2. The van der Waals surface area contributed by atoms with E-state index in [0.717, 1.165) is 4.57 Å². The molecule has 4 atom stereocenters. The van der Waals surface area contributed by atoms with Crippen LogP contribution in [-0.4, -0.2) is 44.8 Å². The number of hydrogen-bond acceptors (Lipinski definition) is 6. The zero-order valence-electron chi connectivity index (χ0n) is 9.84. The van der Waals surface area contributed by atoms with Crippen LogP contribution in [-0.2, 0) is 4.74 Å². The number of aliphatic hydroxyl groups is 3. The molecule has 0 radical (unpaired) electrons. The molecule has 102 valence electrons. The van der Waals surface area contributed by atoms with E-state index in [1.165, 1.54) is 12.5 Å².